The smallest absolute Gasteiger partial charge is 0.234 e. The SMILES string of the molecule is CC(C)N1C(=O)CS[C@@H]1c1ccc(Br)cc1. The van der Waals surface area contributed by atoms with Crippen LogP contribution in [0.2, 0.25) is 0 Å². The molecule has 1 aliphatic heterocycles. The van der Waals surface area contributed by atoms with Crippen LogP contribution in [-0.4, -0.2) is 22.6 Å². The highest BCUT2D eigenvalue weighted by atomic mass is 79.9. The molecule has 1 fully saturated rings. The fraction of sp³-hybridized carbons (Fsp3) is 0.417. The predicted molar refractivity (Wildman–Crippen MR) is 71.3 cm³/mol. The zero-order chi connectivity index (χ0) is 11.7. The molecule has 1 amide bonds. The summed E-state index contributed by atoms with van der Waals surface area (Å²) >= 11 is 5.13. The number of benzene rings is 1. The van der Waals surface area contributed by atoms with Crippen molar-refractivity contribution in [2.75, 3.05) is 5.75 Å². The molecule has 0 radical (unpaired) electrons. The standard InChI is InChI=1S/C12H14BrNOS/c1-8(2)14-11(15)7-16-12(14)9-3-5-10(13)6-4-9/h3-6,8,12H,7H2,1-2H3/t12-/m1/s1. The summed E-state index contributed by atoms with van der Waals surface area (Å²) in [7, 11) is 0. The average Bonchev–Trinajstić information content (AvgIpc) is 2.61. The van der Waals surface area contributed by atoms with Crippen LogP contribution in [-0.2, 0) is 4.79 Å². The number of rotatable bonds is 2. The number of thioether (sulfide) groups is 1. The van der Waals surface area contributed by atoms with E-state index in [1.54, 1.807) is 11.8 Å². The zero-order valence-corrected chi connectivity index (χ0v) is 11.7. The molecular weight excluding hydrogens is 286 g/mol. The molecule has 1 atom stereocenters. The number of halogens is 1. The van der Waals surface area contributed by atoms with E-state index < -0.39 is 0 Å². The summed E-state index contributed by atoms with van der Waals surface area (Å²) in [5, 5.41) is 0.181. The molecule has 1 heterocycles. The number of carbonyl (C=O) groups excluding carboxylic acids is 1. The van der Waals surface area contributed by atoms with Gasteiger partial charge in [0, 0.05) is 10.5 Å². The number of nitrogens with zero attached hydrogens (tertiary/aromatic N) is 1. The van der Waals surface area contributed by atoms with Crippen LogP contribution in [0, 0.1) is 0 Å². The molecule has 0 spiro atoms. The average molecular weight is 300 g/mol. The predicted octanol–water partition coefficient (Wildman–Crippen LogP) is 3.43. The van der Waals surface area contributed by atoms with Crippen molar-refractivity contribution in [1.29, 1.82) is 0 Å². The van der Waals surface area contributed by atoms with Gasteiger partial charge in [0.1, 0.15) is 5.37 Å². The molecule has 1 aromatic carbocycles. The van der Waals surface area contributed by atoms with Gasteiger partial charge in [-0.15, -0.1) is 11.8 Å². The van der Waals surface area contributed by atoms with Gasteiger partial charge < -0.3 is 4.90 Å². The highest BCUT2D eigenvalue weighted by Gasteiger charge is 2.34. The van der Waals surface area contributed by atoms with Crippen molar-refractivity contribution in [3.8, 4) is 0 Å². The van der Waals surface area contributed by atoms with E-state index in [0.29, 0.717) is 5.75 Å². The lowest BCUT2D eigenvalue weighted by Gasteiger charge is -2.28. The van der Waals surface area contributed by atoms with Gasteiger partial charge in [-0.2, -0.15) is 0 Å². The third-order valence-electron chi connectivity index (χ3n) is 2.62. The molecule has 0 N–H and O–H groups in total. The lowest BCUT2D eigenvalue weighted by atomic mass is 10.2. The Morgan fingerprint density at radius 1 is 1.38 bits per heavy atom. The molecule has 4 heteroatoms. The van der Waals surface area contributed by atoms with Crippen LogP contribution in [0.4, 0.5) is 0 Å². The second kappa shape index (κ2) is 4.80. The van der Waals surface area contributed by atoms with Crippen molar-refractivity contribution in [1.82, 2.24) is 4.90 Å². The van der Waals surface area contributed by atoms with Crippen LogP contribution in [0.5, 0.6) is 0 Å². The normalized spacial score (nSPS) is 20.9. The Bertz CT molecular complexity index is 391. The van der Waals surface area contributed by atoms with Crippen molar-refractivity contribution in [2.24, 2.45) is 0 Å². The van der Waals surface area contributed by atoms with Crippen molar-refractivity contribution < 1.29 is 4.79 Å². The summed E-state index contributed by atoms with van der Waals surface area (Å²) in [6.07, 6.45) is 0. The Kier molecular flexibility index (Phi) is 3.60. The molecule has 1 aliphatic rings. The molecule has 1 aromatic rings. The van der Waals surface area contributed by atoms with Crippen LogP contribution in [0.15, 0.2) is 28.7 Å². The minimum atomic E-state index is 0.181. The molecule has 16 heavy (non-hydrogen) atoms. The molecule has 0 unspecified atom stereocenters. The van der Waals surface area contributed by atoms with Crippen LogP contribution < -0.4 is 0 Å². The number of hydrogen-bond donors (Lipinski definition) is 0. The second-order valence-electron chi connectivity index (χ2n) is 4.11. The summed E-state index contributed by atoms with van der Waals surface area (Å²) in [6, 6.07) is 8.47. The molecule has 0 bridgehead atoms. The highest BCUT2D eigenvalue weighted by Crippen LogP contribution is 2.39. The summed E-state index contributed by atoms with van der Waals surface area (Å²) in [5.41, 5.74) is 1.20. The van der Waals surface area contributed by atoms with E-state index in [1.807, 2.05) is 17.0 Å². The maximum atomic E-state index is 11.8. The maximum absolute atomic E-state index is 11.8. The van der Waals surface area contributed by atoms with Gasteiger partial charge in [-0.3, -0.25) is 4.79 Å². The molecule has 0 aromatic heterocycles. The van der Waals surface area contributed by atoms with Gasteiger partial charge in [0.2, 0.25) is 5.91 Å². The third-order valence-corrected chi connectivity index (χ3v) is 4.37. The summed E-state index contributed by atoms with van der Waals surface area (Å²) in [4.78, 5) is 13.7. The summed E-state index contributed by atoms with van der Waals surface area (Å²) in [5.74, 6) is 0.840. The van der Waals surface area contributed by atoms with Crippen LogP contribution in [0.25, 0.3) is 0 Å². The first kappa shape index (κ1) is 12.0. The first-order valence-electron chi connectivity index (χ1n) is 5.28. The Balaban J connectivity index is 2.26. The first-order chi connectivity index (χ1) is 7.59. The van der Waals surface area contributed by atoms with E-state index in [9.17, 15) is 4.79 Å². The number of amides is 1. The second-order valence-corrected chi connectivity index (χ2v) is 6.09. The fourth-order valence-electron chi connectivity index (χ4n) is 1.88. The highest BCUT2D eigenvalue weighted by molar-refractivity contribution is 9.10. The van der Waals surface area contributed by atoms with Crippen LogP contribution >= 0.6 is 27.7 Å². The van der Waals surface area contributed by atoms with Crippen LogP contribution in [0.1, 0.15) is 24.8 Å². The van der Waals surface area contributed by atoms with E-state index in [2.05, 4.69) is 41.9 Å². The van der Waals surface area contributed by atoms with E-state index in [0.717, 1.165) is 4.47 Å². The lowest BCUT2D eigenvalue weighted by molar-refractivity contribution is -0.129. The maximum Gasteiger partial charge on any atom is 0.234 e. The van der Waals surface area contributed by atoms with Gasteiger partial charge in [-0.1, -0.05) is 28.1 Å². The Labute approximate surface area is 109 Å². The molecule has 2 rings (SSSR count). The molecule has 2 nitrogen and oxygen atoms in total. The molecule has 1 saturated heterocycles. The van der Waals surface area contributed by atoms with E-state index in [1.165, 1.54) is 5.56 Å². The van der Waals surface area contributed by atoms with Gasteiger partial charge >= 0.3 is 0 Å². The molecular formula is C12H14BrNOS. The van der Waals surface area contributed by atoms with Gasteiger partial charge in [0.05, 0.1) is 5.75 Å². The van der Waals surface area contributed by atoms with Gasteiger partial charge in [-0.05, 0) is 31.5 Å². The Morgan fingerprint density at radius 2 is 2.00 bits per heavy atom. The van der Waals surface area contributed by atoms with E-state index >= 15 is 0 Å². The fourth-order valence-corrected chi connectivity index (χ4v) is 3.46. The summed E-state index contributed by atoms with van der Waals surface area (Å²) < 4.78 is 1.07. The topological polar surface area (TPSA) is 20.3 Å². The monoisotopic (exact) mass is 299 g/mol. The molecule has 0 saturated carbocycles. The van der Waals surface area contributed by atoms with Gasteiger partial charge in [0.15, 0.2) is 0 Å². The largest absolute Gasteiger partial charge is 0.323 e. The summed E-state index contributed by atoms with van der Waals surface area (Å²) in [6.45, 7) is 4.13. The zero-order valence-electron chi connectivity index (χ0n) is 9.31. The number of hydrogen-bond acceptors (Lipinski definition) is 2. The quantitative estimate of drug-likeness (QED) is 0.834. The number of carbonyl (C=O) groups is 1. The Morgan fingerprint density at radius 3 is 2.56 bits per heavy atom. The molecule has 0 aliphatic carbocycles. The van der Waals surface area contributed by atoms with Gasteiger partial charge in [-0.25, -0.2) is 0 Å². The van der Waals surface area contributed by atoms with Gasteiger partial charge in [0.25, 0.3) is 0 Å². The van der Waals surface area contributed by atoms with Crippen molar-refractivity contribution in [3.63, 3.8) is 0 Å². The minimum Gasteiger partial charge on any atom is -0.323 e. The van der Waals surface area contributed by atoms with Crippen LogP contribution in [0.3, 0.4) is 0 Å². The van der Waals surface area contributed by atoms with Crippen molar-refractivity contribution in [3.05, 3.63) is 34.3 Å². The van der Waals surface area contributed by atoms with Crippen molar-refractivity contribution in [2.45, 2.75) is 25.3 Å². The molecule has 86 valence electrons. The van der Waals surface area contributed by atoms with Crippen molar-refractivity contribution >= 4 is 33.6 Å². The first-order valence-corrected chi connectivity index (χ1v) is 7.12. The Hall–Kier alpha value is -0.480. The third kappa shape index (κ3) is 2.28. The lowest BCUT2D eigenvalue weighted by Crippen LogP contribution is -2.34. The minimum absolute atomic E-state index is 0.181. The van der Waals surface area contributed by atoms with E-state index in [4.69, 9.17) is 0 Å². The van der Waals surface area contributed by atoms with E-state index in [-0.39, 0.29) is 17.3 Å².